The Morgan fingerprint density at radius 3 is 2.43 bits per heavy atom. The number of carbonyl (C=O) groups is 4. The molecule has 2 aromatic rings. The maximum atomic E-state index is 12.5. The summed E-state index contributed by atoms with van der Waals surface area (Å²) in [7, 11) is 2.44. The highest BCUT2D eigenvalue weighted by molar-refractivity contribution is 6.06. The second-order valence-corrected chi connectivity index (χ2v) is 6.11. The largest absolute Gasteiger partial charge is 0.465 e. The van der Waals surface area contributed by atoms with Gasteiger partial charge in [-0.05, 0) is 29.8 Å². The Kier molecular flexibility index (Phi) is 5.39. The van der Waals surface area contributed by atoms with Crippen molar-refractivity contribution in [3.05, 3.63) is 64.7 Å². The zero-order valence-electron chi connectivity index (χ0n) is 15.4. The third kappa shape index (κ3) is 3.71. The number of fused-ring (bicyclic) bond motifs is 1. The van der Waals surface area contributed by atoms with Crippen LogP contribution in [0.3, 0.4) is 0 Å². The summed E-state index contributed by atoms with van der Waals surface area (Å²) in [5.74, 6) is -2.02. The van der Waals surface area contributed by atoms with Crippen LogP contribution in [0.4, 0.5) is 5.69 Å². The lowest BCUT2D eigenvalue weighted by molar-refractivity contribution is -0.116. The maximum absolute atomic E-state index is 12.5. The van der Waals surface area contributed by atoms with Gasteiger partial charge in [-0.15, -0.1) is 0 Å². The fourth-order valence-corrected chi connectivity index (χ4v) is 2.99. The minimum absolute atomic E-state index is 0.0829. The zero-order valence-corrected chi connectivity index (χ0v) is 15.4. The number of carbonyl (C=O) groups excluding carboxylic acids is 4. The average Bonchev–Trinajstić information content (AvgIpc) is 3.02. The number of nitrogens with one attached hydrogen (secondary N) is 1. The van der Waals surface area contributed by atoms with Gasteiger partial charge in [0.1, 0.15) is 6.54 Å². The van der Waals surface area contributed by atoms with E-state index in [1.807, 2.05) is 12.1 Å². The van der Waals surface area contributed by atoms with Crippen molar-refractivity contribution in [1.29, 1.82) is 0 Å². The molecule has 1 heterocycles. The number of benzene rings is 2. The monoisotopic (exact) mass is 382 g/mol. The third-order valence-corrected chi connectivity index (χ3v) is 4.35. The summed E-state index contributed by atoms with van der Waals surface area (Å²) >= 11 is 0. The summed E-state index contributed by atoms with van der Waals surface area (Å²) in [6.45, 7) is 0.130. The molecule has 0 saturated carbocycles. The molecule has 1 aliphatic rings. The van der Waals surface area contributed by atoms with Crippen LogP contribution in [0.1, 0.15) is 36.6 Å². The van der Waals surface area contributed by atoms with Crippen molar-refractivity contribution >= 4 is 29.4 Å². The Bertz CT molecular complexity index is 969. The number of methoxy groups -OCH3 is 2. The lowest BCUT2D eigenvalue weighted by Crippen LogP contribution is -2.33. The molecule has 0 radical (unpaired) electrons. The molecule has 28 heavy (non-hydrogen) atoms. The van der Waals surface area contributed by atoms with Crippen molar-refractivity contribution in [3.63, 3.8) is 0 Å². The first kappa shape index (κ1) is 19.1. The number of hydrogen-bond acceptors (Lipinski definition) is 6. The molecule has 0 aliphatic carbocycles. The van der Waals surface area contributed by atoms with Gasteiger partial charge in [0.2, 0.25) is 5.91 Å². The van der Waals surface area contributed by atoms with Crippen LogP contribution in [-0.2, 0) is 20.8 Å². The van der Waals surface area contributed by atoms with E-state index >= 15 is 0 Å². The first-order chi connectivity index (χ1) is 13.4. The molecular weight excluding hydrogens is 364 g/mol. The highest BCUT2D eigenvalue weighted by Gasteiger charge is 2.28. The summed E-state index contributed by atoms with van der Waals surface area (Å²) in [5.41, 5.74) is 1.76. The molecule has 0 fully saturated rings. The number of nitrogens with zero attached hydrogens (tertiary/aromatic N) is 1. The molecule has 8 heteroatoms. The number of rotatable bonds is 5. The quantitative estimate of drug-likeness (QED) is 0.792. The zero-order chi connectivity index (χ0) is 20.3. The minimum atomic E-state index is -0.670. The van der Waals surface area contributed by atoms with E-state index in [1.54, 1.807) is 12.1 Å². The van der Waals surface area contributed by atoms with Crippen molar-refractivity contribution in [1.82, 2.24) is 4.90 Å². The molecule has 2 aromatic carbocycles. The molecule has 0 saturated heterocycles. The van der Waals surface area contributed by atoms with E-state index in [-0.39, 0.29) is 29.3 Å². The van der Waals surface area contributed by atoms with Gasteiger partial charge >= 0.3 is 11.9 Å². The molecule has 0 bridgehead atoms. The molecule has 8 nitrogen and oxygen atoms in total. The molecule has 0 spiro atoms. The van der Waals surface area contributed by atoms with Gasteiger partial charge < -0.3 is 19.7 Å². The number of anilines is 1. The van der Waals surface area contributed by atoms with Gasteiger partial charge in [-0.3, -0.25) is 9.59 Å². The van der Waals surface area contributed by atoms with E-state index in [0.717, 1.165) is 5.56 Å². The molecule has 3 rings (SSSR count). The highest BCUT2D eigenvalue weighted by atomic mass is 16.5. The van der Waals surface area contributed by atoms with E-state index in [4.69, 9.17) is 4.74 Å². The predicted octanol–water partition coefficient (Wildman–Crippen LogP) is 1.85. The lowest BCUT2D eigenvalue weighted by Gasteiger charge is -2.16. The van der Waals surface area contributed by atoms with Gasteiger partial charge in [-0.25, -0.2) is 9.59 Å². The summed E-state index contributed by atoms with van der Waals surface area (Å²) in [5, 5.41) is 2.58. The molecule has 1 N–H and O–H groups in total. The molecule has 144 valence electrons. The van der Waals surface area contributed by atoms with Crippen LogP contribution in [0.2, 0.25) is 0 Å². The SMILES string of the molecule is COC(=O)c1ccc(C(=O)OC)c(NC(=O)CN2Cc3ccccc3C2=O)c1. The number of hydrogen-bond donors (Lipinski definition) is 1. The Hall–Kier alpha value is -3.68. The first-order valence-corrected chi connectivity index (χ1v) is 8.42. The van der Waals surface area contributed by atoms with Crippen LogP contribution in [-0.4, -0.2) is 49.4 Å². The van der Waals surface area contributed by atoms with Crippen molar-refractivity contribution in [2.75, 3.05) is 26.1 Å². The van der Waals surface area contributed by atoms with Crippen LogP contribution in [0.25, 0.3) is 0 Å². The fourth-order valence-electron chi connectivity index (χ4n) is 2.99. The normalized spacial score (nSPS) is 12.4. The van der Waals surface area contributed by atoms with E-state index in [0.29, 0.717) is 12.1 Å². The standard InChI is InChI=1S/C20H18N2O6/c1-27-19(25)12-7-8-15(20(26)28-2)16(9-12)21-17(23)11-22-10-13-5-3-4-6-14(13)18(22)24/h3-9H,10-11H2,1-2H3,(H,21,23). The molecule has 0 atom stereocenters. The maximum Gasteiger partial charge on any atom is 0.339 e. The predicted molar refractivity (Wildman–Crippen MR) is 98.9 cm³/mol. The number of amides is 2. The van der Waals surface area contributed by atoms with E-state index in [2.05, 4.69) is 10.1 Å². The van der Waals surface area contributed by atoms with Crippen molar-refractivity contribution < 1.29 is 28.7 Å². The summed E-state index contributed by atoms with van der Waals surface area (Å²) in [6, 6.07) is 11.2. The van der Waals surface area contributed by atoms with Crippen LogP contribution in [0.5, 0.6) is 0 Å². The van der Waals surface area contributed by atoms with E-state index in [9.17, 15) is 19.2 Å². The molecule has 1 aliphatic heterocycles. The lowest BCUT2D eigenvalue weighted by atomic mass is 10.1. The van der Waals surface area contributed by atoms with Gasteiger partial charge in [-0.2, -0.15) is 0 Å². The molecule has 2 amide bonds. The first-order valence-electron chi connectivity index (χ1n) is 8.42. The fraction of sp³-hybridized carbons (Fsp3) is 0.200. The van der Waals surface area contributed by atoms with Crippen LogP contribution < -0.4 is 5.32 Å². The van der Waals surface area contributed by atoms with Gasteiger partial charge in [0.25, 0.3) is 5.91 Å². The number of esters is 2. The van der Waals surface area contributed by atoms with Crippen molar-refractivity contribution in [3.8, 4) is 0 Å². The van der Waals surface area contributed by atoms with Crippen LogP contribution >= 0.6 is 0 Å². The Morgan fingerprint density at radius 1 is 1.04 bits per heavy atom. The second kappa shape index (κ2) is 7.91. The van der Waals surface area contributed by atoms with E-state index in [1.165, 1.54) is 37.3 Å². The smallest absolute Gasteiger partial charge is 0.339 e. The van der Waals surface area contributed by atoms with E-state index < -0.39 is 17.8 Å². The van der Waals surface area contributed by atoms with Crippen LogP contribution in [0.15, 0.2) is 42.5 Å². The molecule has 0 unspecified atom stereocenters. The van der Waals surface area contributed by atoms with Gasteiger partial charge in [0, 0.05) is 12.1 Å². The highest BCUT2D eigenvalue weighted by Crippen LogP contribution is 2.23. The number of ether oxygens (including phenoxy) is 2. The van der Waals surface area contributed by atoms with Gasteiger partial charge in [-0.1, -0.05) is 18.2 Å². The topological polar surface area (TPSA) is 102 Å². The van der Waals surface area contributed by atoms with Crippen molar-refractivity contribution in [2.45, 2.75) is 6.54 Å². The Balaban J connectivity index is 1.79. The van der Waals surface area contributed by atoms with Gasteiger partial charge in [0.15, 0.2) is 0 Å². The Morgan fingerprint density at radius 2 is 1.75 bits per heavy atom. The summed E-state index contributed by atoms with van der Waals surface area (Å²) in [6.07, 6.45) is 0. The molecule has 0 aromatic heterocycles. The van der Waals surface area contributed by atoms with Gasteiger partial charge in [0.05, 0.1) is 31.0 Å². The second-order valence-electron chi connectivity index (χ2n) is 6.11. The minimum Gasteiger partial charge on any atom is -0.465 e. The third-order valence-electron chi connectivity index (χ3n) is 4.35. The van der Waals surface area contributed by atoms with Crippen molar-refractivity contribution in [2.24, 2.45) is 0 Å². The van der Waals surface area contributed by atoms with Crippen LogP contribution in [0, 0.1) is 0 Å². The molecular formula is C20H18N2O6. The average molecular weight is 382 g/mol. The Labute approximate surface area is 161 Å². The summed E-state index contributed by atoms with van der Waals surface area (Å²) < 4.78 is 9.37. The summed E-state index contributed by atoms with van der Waals surface area (Å²) in [4.78, 5) is 50.0.